The number of pyridine rings is 1. The summed E-state index contributed by atoms with van der Waals surface area (Å²) in [5.41, 5.74) is 4.65. The van der Waals surface area contributed by atoms with Gasteiger partial charge in [0.05, 0.1) is 17.8 Å². The van der Waals surface area contributed by atoms with Crippen LogP contribution in [-0.4, -0.2) is 26.1 Å². The van der Waals surface area contributed by atoms with E-state index in [1.165, 1.54) is 11.3 Å². The highest BCUT2D eigenvalue weighted by Gasteiger charge is 2.41. The molecule has 1 saturated heterocycles. The molecule has 2 aromatic heterocycles. The second-order valence-corrected chi connectivity index (χ2v) is 8.20. The second kappa shape index (κ2) is 7.76. The maximum atomic E-state index is 5.74. The number of hydrogen-bond donors (Lipinski definition) is 1. The smallest absolute Gasteiger partial charge is 0.170 e. The molecule has 5 heteroatoms. The van der Waals surface area contributed by atoms with Gasteiger partial charge in [-0.3, -0.25) is 4.98 Å². The van der Waals surface area contributed by atoms with Crippen LogP contribution in [0.3, 0.4) is 0 Å². The lowest BCUT2D eigenvalue weighted by Gasteiger charge is -2.30. The number of aryl methyl sites for hydroxylation is 1. The standard InChI is InChI=1S/C23H26N4S/c1-16(2)15-27-22(21(25-23(27)28)19-7-4-5-13-24-19)20-8-6-14-26(20)18-11-9-17(3)10-12-18/h4-14,16,21-22H,15H2,1-3H3,(H,25,28)/t21-,22-/m0/s1. The van der Waals surface area contributed by atoms with Gasteiger partial charge < -0.3 is 14.8 Å². The Kier molecular flexibility index (Phi) is 5.18. The fourth-order valence-electron chi connectivity index (χ4n) is 3.89. The van der Waals surface area contributed by atoms with Crippen LogP contribution in [0.2, 0.25) is 0 Å². The molecule has 4 nitrogen and oxygen atoms in total. The summed E-state index contributed by atoms with van der Waals surface area (Å²) in [5.74, 6) is 0.507. The number of nitrogens with zero attached hydrogens (tertiary/aromatic N) is 3. The Bertz CT molecular complexity index is 946. The third-order valence-corrected chi connectivity index (χ3v) is 5.51. The predicted molar refractivity (Wildman–Crippen MR) is 118 cm³/mol. The molecular formula is C23H26N4S. The molecule has 0 aliphatic carbocycles. The third-order valence-electron chi connectivity index (χ3n) is 5.16. The minimum atomic E-state index is 0.0200. The first-order valence-electron chi connectivity index (χ1n) is 9.77. The summed E-state index contributed by atoms with van der Waals surface area (Å²) >= 11 is 5.74. The van der Waals surface area contributed by atoms with Gasteiger partial charge in [-0.1, -0.05) is 37.6 Å². The monoisotopic (exact) mass is 390 g/mol. The van der Waals surface area contributed by atoms with Crippen molar-refractivity contribution in [2.75, 3.05) is 6.54 Å². The quantitative estimate of drug-likeness (QED) is 0.634. The maximum absolute atomic E-state index is 5.74. The van der Waals surface area contributed by atoms with Gasteiger partial charge in [-0.15, -0.1) is 0 Å². The SMILES string of the molecule is Cc1ccc(-n2cccc2[C@H]2[C@H](c3ccccn3)NC(=S)N2CC(C)C)cc1. The number of rotatable bonds is 5. The van der Waals surface area contributed by atoms with Crippen molar-refractivity contribution in [2.45, 2.75) is 32.9 Å². The zero-order valence-electron chi connectivity index (χ0n) is 16.5. The van der Waals surface area contributed by atoms with E-state index in [4.69, 9.17) is 12.2 Å². The van der Waals surface area contributed by atoms with Crippen LogP contribution in [0, 0.1) is 12.8 Å². The van der Waals surface area contributed by atoms with Gasteiger partial charge in [0.2, 0.25) is 0 Å². The van der Waals surface area contributed by atoms with Crippen LogP contribution >= 0.6 is 12.2 Å². The number of thiocarbonyl (C=S) groups is 1. The number of benzene rings is 1. The molecule has 1 N–H and O–H groups in total. The Morgan fingerprint density at radius 2 is 1.86 bits per heavy atom. The Labute approximate surface area is 172 Å². The van der Waals surface area contributed by atoms with Crippen LogP contribution in [0.25, 0.3) is 5.69 Å². The summed E-state index contributed by atoms with van der Waals surface area (Å²) in [6, 6.07) is 19.1. The van der Waals surface area contributed by atoms with Crippen molar-refractivity contribution >= 4 is 17.3 Å². The molecule has 0 saturated carbocycles. The average molecular weight is 391 g/mol. The highest BCUT2D eigenvalue weighted by atomic mass is 32.1. The molecular weight excluding hydrogens is 364 g/mol. The van der Waals surface area contributed by atoms with Crippen molar-refractivity contribution in [2.24, 2.45) is 5.92 Å². The Morgan fingerprint density at radius 1 is 1.07 bits per heavy atom. The van der Waals surface area contributed by atoms with Gasteiger partial charge in [0.25, 0.3) is 0 Å². The molecule has 0 spiro atoms. The molecule has 0 unspecified atom stereocenters. The molecule has 1 aliphatic rings. The van der Waals surface area contributed by atoms with Crippen LogP contribution in [0.4, 0.5) is 0 Å². The summed E-state index contributed by atoms with van der Waals surface area (Å²) < 4.78 is 2.27. The minimum Gasteiger partial charge on any atom is -0.352 e. The third kappa shape index (κ3) is 3.54. The summed E-state index contributed by atoms with van der Waals surface area (Å²) in [5, 5.41) is 4.33. The first kappa shape index (κ1) is 18.7. The zero-order valence-corrected chi connectivity index (χ0v) is 17.4. The fraction of sp³-hybridized carbons (Fsp3) is 0.304. The van der Waals surface area contributed by atoms with E-state index in [1.807, 2.05) is 18.3 Å². The van der Waals surface area contributed by atoms with Gasteiger partial charge in [0.1, 0.15) is 0 Å². The Hall–Kier alpha value is -2.66. The van der Waals surface area contributed by atoms with E-state index < -0.39 is 0 Å². The lowest BCUT2D eigenvalue weighted by Crippen LogP contribution is -2.33. The number of hydrogen-bond acceptors (Lipinski definition) is 2. The van der Waals surface area contributed by atoms with E-state index in [0.717, 1.165) is 23.0 Å². The zero-order chi connectivity index (χ0) is 19.7. The van der Waals surface area contributed by atoms with Gasteiger partial charge >= 0.3 is 0 Å². The van der Waals surface area contributed by atoms with E-state index in [-0.39, 0.29) is 12.1 Å². The van der Waals surface area contributed by atoms with E-state index in [0.29, 0.717) is 5.92 Å². The van der Waals surface area contributed by atoms with Crippen molar-refractivity contribution in [3.05, 3.63) is 83.9 Å². The molecule has 0 amide bonds. The topological polar surface area (TPSA) is 33.1 Å². The Morgan fingerprint density at radius 3 is 2.54 bits per heavy atom. The first-order chi connectivity index (χ1) is 13.5. The van der Waals surface area contributed by atoms with Crippen molar-refractivity contribution in [1.29, 1.82) is 0 Å². The second-order valence-electron chi connectivity index (χ2n) is 7.81. The van der Waals surface area contributed by atoms with Gasteiger partial charge in [0, 0.05) is 30.3 Å². The van der Waals surface area contributed by atoms with Crippen molar-refractivity contribution in [3.8, 4) is 5.69 Å². The van der Waals surface area contributed by atoms with Crippen LogP contribution in [0.15, 0.2) is 67.0 Å². The predicted octanol–water partition coefficient (Wildman–Crippen LogP) is 4.81. The molecule has 3 aromatic rings. The van der Waals surface area contributed by atoms with Crippen molar-refractivity contribution < 1.29 is 0 Å². The number of aromatic nitrogens is 2. The van der Waals surface area contributed by atoms with Crippen LogP contribution in [0.1, 0.15) is 42.9 Å². The van der Waals surface area contributed by atoms with Crippen molar-refractivity contribution in [1.82, 2.24) is 19.8 Å². The summed E-state index contributed by atoms with van der Waals surface area (Å²) in [6.45, 7) is 7.47. The lowest BCUT2D eigenvalue weighted by atomic mass is 10.0. The normalized spacial score (nSPS) is 19.3. The number of nitrogens with one attached hydrogen (secondary N) is 1. The summed E-state index contributed by atoms with van der Waals surface area (Å²) in [4.78, 5) is 6.94. The van der Waals surface area contributed by atoms with E-state index in [9.17, 15) is 0 Å². The van der Waals surface area contributed by atoms with Gasteiger partial charge in [-0.2, -0.15) is 0 Å². The fourth-order valence-corrected chi connectivity index (χ4v) is 4.21. The molecule has 1 aliphatic heterocycles. The average Bonchev–Trinajstić information content (AvgIpc) is 3.28. The van der Waals surface area contributed by atoms with Crippen LogP contribution in [0.5, 0.6) is 0 Å². The molecule has 1 aromatic carbocycles. The van der Waals surface area contributed by atoms with E-state index >= 15 is 0 Å². The molecule has 0 bridgehead atoms. The highest BCUT2D eigenvalue weighted by Crippen LogP contribution is 2.39. The molecule has 28 heavy (non-hydrogen) atoms. The maximum Gasteiger partial charge on any atom is 0.170 e. The molecule has 2 atom stereocenters. The summed E-state index contributed by atoms with van der Waals surface area (Å²) in [7, 11) is 0. The van der Waals surface area contributed by atoms with Crippen LogP contribution < -0.4 is 5.32 Å². The van der Waals surface area contributed by atoms with Gasteiger partial charge in [-0.05, 0) is 61.5 Å². The van der Waals surface area contributed by atoms with Gasteiger partial charge in [0.15, 0.2) is 5.11 Å². The Balaban J connectivity index is 1.80. The largest absolute Gasteiger partial charge is 0.352 e. The van der Waals surface area contributed by atoms with Gasteiger partial charge in [-0.25, -0.2) is 0 Å². The molecule has 1 fully saturated rings. The molecule has 3 heterocycles. The van der Waals surface area contributed by atoms with E-state index in [1.54, 1.807) is 0 Å². The van der Waals surface area contributed by atoms with E-state index in [2.05, 4.69) is 89.2 Å². The molecule has 4 rings (SSSR count). The minimum absolute atomic E-state index is 0.0200. The molecule has 144 valence electrons. The van der Waals surface area contributed by atoms with Crippen molar-refractivity contribution in [3.63, 3.8) is 0 Å². The first-order valence-corrected chi connectivity index (χ1v) is 10.2. The highest BCUT2D eigenvalue weighted by molar-refractivity contribution is 7.80. The van der Waals surface area contributed by atoms with Crippen LogP contribution in [-0.2, 0) is 0 Å². The molecule has 0 radical (unpaired) electrons. The lowest BCUT2D eigenvalue weighted by molar-refractivity contribution is 0.280. The summed E-state index contributed by atoms with van der Waals surface area (Å²) in [6.07, 6.45) is 3.98.